The summed E-state index contributed by atoms with van der Waals surface area (Å²) in [5.74, 6) is -0.231. The zero-order chi connectivity index (χ0) is 17.4. The fourth-order valence-corrected chi connectivity index (χ4v) is 3.58. The minimum absolute atomic E-state index is 0.231. The van der Waals surface area contributed by atoms with E-state index < -0.39 is 0 Å². The third-order valence-corrected chi connectivity index (χ3v) is 5.09. The van der Waals surface area contributed by atoms with Crippen molar-refractivity contribution < 1.29 is 4.39 Å². The molecule has 0 fully saturated rings. The van der Waals surface area contributed by atoms with Gasteiger partial charge in [-0.15, -0.1) is 0 Å². The Labute approximate surface area is 151 Å². The quantitative estimate of drug-likeness (QED) is 0.695. The van der Waals surface area contributed by atoms with Gasteiger partial charge in [-0.3, -0.25) is 4.68 Å². The van der Waals surface area contributed by atoms with Crippen LogP contribution < -0.4 is 0 Å². The summed E-state index contributed by atoms with van der Waals surface area (Å²) in [4.78, 5) is 2.29. The second-order valence-electron chi connectivity index (χ2n) is 6.52. The van der Waals surface area contributed by atoms with Gasteiger partial charge in [0.25, 0.3) is 0 Å². The zero-order valence-electron chi connectivity index (χ0n) is 14.0. The van der Waals surface area contributed by atoms with Crippen molar-refractivity contribution in [2.45, 2.75) is 19.5 Å². The highest BCUT2D eigenvalue weighted by Gasteiger charge is 2.24. The number of nitrogens with zero attached hydrogens (tertiary/aromatic N) is 3. The molecule has 4 rings (SSSR count). The van der Waals surface area contributed by atoms with E-state index in [0.29, 0.717) is 6.54 Å². The molecule has 0 radical (unpaired) electrons. The largest absolute Gasteiger partial charge is 0.302 e. The van der Waals surface area contributed by atoms with Gasteiger partial charge in [0.1, 0.15) is 5.82 Å². The SMILES string of the molecule is CN1CCc2c(c(-c3ccc(F)cc3)nn2Cc2ccccc2Cl)C1. The summed E-state index contributed by atoms with van der Waals surface area (Å²) >= 11 is 6.33. The molecule has 1 aliphatic heterocycles. The van der Waals surface area contributed by atoms with Crippen LogP contribution in [-0.2, 0) is 19.5 Å². The third kappa shape index (κ3) is 3.20. The Morgan fingerprint density at radius 1 is 1.12 bits per heavy atom. The molecule has 0 saturated carbocycles. The fourth-order valence-electron chi connectivity index (χ4n) is 3.38. The molecule has 0 N–H and O–H groups in total. The number of halogens is 2. The van der Waals surface area contributed by atoms with E-state index in [9.17, 15) is 4.39 Å². The maximum Gasteiger partial charge on any atom is 0.123 e. The van der Waals surface area contributed by atoms with Crippen LogP contribution in [0.5, 0.6) is 0 Å². The molecule has 2 heterocycles. The van der Waals surface area contributed by atoms with Crippen LogP contribution in [0.3, 0.4) is 0 Å². The summed E-state index contributed by atoms with van der Waals surface area (Å²) < 4.78 is 15.3. The highest BCUT2D eigenvalue weighted by molar-refractivity contribution is 6.31. The van der Waals surface area contributed by atoms with Gasteiger partial charge < -0.3 is 4.90 Å². The topological polar surface area (TPSA) is 21.1 Å². The van der Waals surface area contributed by atoms with Gasteiger partial charge in [0, 0.05) is 41.4 Å². The number of hydrogen-bond donors (Lipinski definition) is 0. The molecule has 0 atom stereocenters. The molecule has 1 aromatic heterocycles. The molecule has 0 saturated heterocycles. The van der Waals surface area contributed by atoms with Gasteiger partial charge in [0.2, 0.25) is 0 Å². The van der Waals surface area contributed by atoms with E-state index in [2.05, 4.69) is 16.6 Å². The summed E-state index contributed by atoms with van der Waals surface area (Å²) in [5, 5.41) is 5.62. The normalized spacial score (nSPS) is 14.5. The van der Waals surface area contributed by atoms with Crippen LogP contribution in [-0.4, -0.2) is 28.3 Å². The summed E-state index contributed by atoms with van der Waals surface area (Å²) in [6.45, 7) is 2.50. The minimum atomic E-state index is -0.231. The standard InChI is InChI=1S/C20H19ClFN3/c1-24-11-10-19-17(13-24)20(14-6-8-16(22)9-7-14)23-25(19)12-15-4-2-3-5-18(15)21/h2-9H,10-13H2,1H3. The van der Waals surface area contributed by atoms with Crippen LogP contribution in [0.25, 0.3) is 11.3 Å². The molecule has 128 valence electrons. The number of likely N-dealkylation sites (N-methyl/N-ethyl adjacent to an activating group) is 1. The maximum atomic E-state index is 13.3. The first-order valence-electron chi connectivity index (χ1n) is 8.38. The number of fused-ring (bicyclic) bond motifs is 1. The molecule has 3 aromatic rings. The van der Waals surface area contributed by atoms with Gasteiger partial charge in [-0.1, -0.05) is 29.8 Å². The van der Waals surface area contributed by atoms with Crippen molar-refractivity contribution in [3.63, 3.8) is 0 Å². The van der Waals surface area contributed by atoms with Crippen LogP contribution in [0.1, 0.15) is 16.8 Å². The maximum absolute atomic E-state index is 13.3. The van der Waals surface area contributed by atoms with E-state index in [-0.39, 0.29) is 5.82 Å². The number of aromatic nitrogens is 2. The first-order chi connectivity index (χ1) is 12.1. The Morgan fingerprint density at radius 3 is 2.64 bits per heavy atom. The number of hydrogen-bond acceptors (Lipinski definition) is 2. The van der Waals surface area contributed by atoms with Crippen LogP contribution in [0, 0.1) is 5.82 Å². The highest BCUT2D eigenvalue weighted by Crippen LogP contribution is 2.30. The second kappa shape index (κ2) is 6.62. The van der Waals surface area contributed by atoms with Gasteiger partial charge in [0.15, 0.2) is 0 Å². The summed E-state index contributed by atoms with van der Waals surface area (Å²) in [7, 11) is 2.11. The van der Waals surface area contributed by atoms with E-state index in [1.807, 2.05) is 24.3 Å². The molecule has 25 heavy (non-hydrogen) atoms. The average Bonchev–Trinajstić information content (AvgIpc) is 2.95. The van der Waals surface area contributed by atoms with Crippen LogP contribution in [0.15, 0.2) is 48.5 Å². The smallest absolute Gasteiger partial charge is 0.123 e. The van der Waals surface area contributed by atoms with E-state index in [0.717, 1.165) is 41.4 Å². The summed E-state index contributed by atoms with van der Waals surface area (Å²) in [5.41, 5.74) is 5.42. The lowest BCUT2D eigenvalue weighted by Crippen LogP contribution is -2.27. The first kappa shape index (κ1) is 16.3. The number of rotatable bonds is 3. The Hall–Kier alpha value is -2.17. The minimum Gasteiger partial charge on any atom is -0.302 e. The van der Waals surface area contributed by atoms with E-state index in [1.54, 1.807) is 12.1 Å². The lowest BCUT2D eigenvalue weighted by atomic mass is 10.0. The zero-order valence-corrected chi connectivity index (χ0v) is 14.8. The van der Waals surface area contributed by atoms with Crippen molar-refractivity contribution in [1.82, 2.24) is 14.7 Å². The molecule has 2 aromatic carbocycles. The van der Waals surface area contributed by atoms with Crippen molar-refractivity contribution >= 4 is 11.6 Å². The molecule has 0 unspecified atom stereocenters. The van der Waals surface area contributed by atoms with Gasteiger partial charge >= 0.3 is 0 Å². The molecular formula is C20H19ClFN3. The van der Waals surface area contributed by atoms with Crippen molar-refractivity contribution in [2.24, 2.45) is 0 Å². The predicted molar refractivity (Wildman–Crippen MR) is 98.2 cm³/mol. The Balaban J connectivity index is 1.79. The van der Waals surface area contributed by atoms with E-state index in [1.165, 1.54) is 23.4 Å². The van der Waals surface area contributed by atoms with Gasteiger partial charge in [-0.05, 0) is 42.9 Å². The number of benzene rings is 2. The fraction of sp³-hybridized carbons (Fsp3) is 0.250. The predicted octanol–water partition coefficient (Wildman–Crippen LogP) is 4.38. The second-order valence-corrected chi connectivity index (χ2v) is 6.92. The van der Waals surface area contributed by atoms with Gasteiger partial charge in [-0.25, -0.2) is 4.39 Å². The molecular weight excluding hydrogens is 337 g/mol. The summed E-state index contributed by atoms with van der Waals surface area (Å²) in [6.07, 6.45) is 0.949. The molecule has 1 aliphatic rings. The Bertz CT molecular complexity index is 902. The van der Waals surface area contributed by atoms with Crippen LogP contribution in [0.2, 0.25) is 5.02 Å². The molecule has 0 bridgehead atoms. The average molecular weight is 356 g/mol. The van der Waals surface area contributed by atoms with Crippen LogP contribution in [0.4, 0.5) is 4.39 Å². The Morgan fingerprint density at radius 2 is 1.88 bits per heavy atom. The van der Waals surface area contributed by atoms with E-state index in [4.69, 9.17) is 16.7 Å². The lowest BCUT2D eigenvalue weighted by Gasteiger charge is -2.23. The molecule has 5 heteroatoms. The first-order valence-corrected chi connectivity index (χ1v) is 8.76. The van der Waals surface area contributed by atoms with Gasteiger partial charge in [0.05, 0.1) is 12.2 Å². The van der Waals surface area contributed by atoms with Crippen molar-refractivity contribution in [2.75, 3.05) is 13.6 Å². The molecule has 0 spiro atoms. The third-order valence-electron chi connectivity index (χ3n) is 4.72. The highest BCUT2D eigenvalue weighted by atomic mass is 35.5. The van der Waals surface area contributed by atoms with E-state index >= 15 is 0 Å². The van der Waals surface area contributed by atoms with Crippen molar-refractivity contribution in [3.8, 4) is 11.3 Å². The lowest BCUT2D eigenvalue weighted by molar-refractivity contribution is 0.308. The Kier molecular flexibility index (Phi) is 4.32. The van der Waals surface area contributed by atoms with Gasteiger partial charge in [-0.2, -0.15) is 5.10 Å². The summed E-state index contributed by atoms with van der Waals surface area (Å²) in [6, 6.07) is 14.4. The molecule has 3 nitrogen and oxygen atoms in total. The monoisotopic (exact) mass is 355 g/mol. The van der Waals surface area contributed by atoms with Crippen molar-refractivity contribution in [3.05, 3.63) is 76.2 Å². The molecule has 0 amide bonds. The molecule has 0 aliphatic carbocycles. The van der Waals surface area contributed by atoms with Crippen LogP contribution >= 0.6 is 11.6 Å². The van der Waals surface area contributed by atoms with Crippen molar-refractivity contribution in [1.29, 1.82) is 0 Å².